The van der Waals surface area contributed by atoms with Crippen LogP contribution in [0.3, 0.4) is 0 Å². The summed E-state index contributed by atoms with van der Waals surface area (Å²) < 4.78 is 0. The molecule has 0 saturated heterocycles. The number of nitrogens with zero attached hydrogens (tertiary/aromatic N) is 1. The number of nitrogen functional groups attached to an aromatic ring is 1. The molecule has 0 aliphatic carbocycles. The molecule has 0 radical (unpaired) electrons. The number of aromatic nitrogens is 1. The van der Waals surface area contributed by atoms with E-state index in [0.717, 1.165) is 32.7 Å². The van der Waals surface area contributed by atoms with E-state index in [1.54, 1.807) is 17.8 Å². The first-order valence-electron chi connectivity index (χ1n) is 5.25. The third-order valence-electron chi connectivity index (χ3n) is 2.28. The minimum absolute atomic E-state index is 0.731. The molecule has 2 rings (SSSR count). The number of hydrogen-bond acceptors (Lipinski definition) is 3. The van der Waals surface area contributed by atoms with Gasteiger partial charge in [0.25, 0.3) is 0 Å². The van der Waals surface area contributed by atoms with Crippen molar-refractivity contribution in [3.05, 3.63) is 52.8 Å². The SMILES string of the molecule is Cc1cccc(CSc2cc(N)ccc2Cl)n1. The quantitative estimate of drug-likeness (QED) is 0.675. The van der Waals surface area contributed by atoms with E-state index >= 15 is 0 Å². The second-order valence-electron chi connectivity index (χ2n) is 3.75. The molecular formula is C13H13ClN2S. The molecule has 2 nitrogen and oxygen atoms in total. The van der Waals surface area contributed by atoms with Crippen molar-refractivity contribution in [1.82, 2.24) is 4.98 Å². The highest BCUT2D eigenvalue weighted by molar-refractivity contribution is 7.98. The largest absolute Gasteiger partial charge is 0.399 e. The van der Waals surface area contributed by atoms with E-state index in [-0.39, 0.29) is 0 Å². The smallest absolute Gasteiger partial charge is 0.0543 e. The fourth-order valence-corrected chi connectivity index (χ4v) is 2.63. The Balaban J connectivity index is 2.09. The molecule has 0 fully saturated rings. The van der Waals surface area contributed by atoms with Crippen molar-refractivity contribution in [2.24, 2.45) is 0 Å². The van der Waals surface area contributed by atoms with Gasteiger partial charge in [-0.1, -0.05) is 17.7 Å². The van der Waals surface area contributed by atoms with Crippen LogP contribution in [0.5, 0.6) is 0 Å². The molecule has 0 saturated carbocycles. The lowest BCUT2D eigenvalue weighted by atomic mass is 10.3. The monoisotopic (exact) mass is 264 g/mol. The number of thioether (sulfide) groups is 1. The van der Waals surface area contributed by atoms with Crippen molar-refractivity contribution in [3.8, 4) is 0 Å². The number of pyridine rings is 1. The van der Waals surface area contributed by atoms with Gasteiger partial charge in [-0.15, -0.1) is 11.8 Å². The standard InChI is InChI=1S/C13H13ClN2S/c1-9-3-2-4-11(16-9)8-17-13-7-10(15)5-6-12(13)14/h2-7H,8,15H2,1H3. The predicted octanol–water partition coefficient (Wildman–Crippen LogP) is 3.92. The lowest BCUT2D eigenvalue weighted by Crippen LogP contribution is -1.90. The minimum Gasteiger partial charge on any atom is -0.399 e. The number of anilines is 1. The lowest BCUT2D eigenvalue weighted by molar-refractivity contribution is 1.11. The Hall–Kier alpha value is -1.19. The van der Waals surface area contributed by atoms with Gasteiger partial charge in [0.1, 0.15) is 0 Å². The molecule has 0 aliphatic rings. The van der Waals surface area contributed by atoms with Crippen LogP contribution < -0.4 is 5.73 Å². The van der Waals surface area contributed by atoms with Gasteiger partial charge in [-0.3, -0.25) is 4.98 Å². The average Bonchev–Trinajstić information content (AvgIpc) is 2.30. The molecule has 88 valence electrons. The summed E-state index contributed by atoms with van der Waals surface area (Å²) in [7, 11) is 0. The first-order chi connectivity index (χ1) is 8.15. The molecule has 0 bridgehead atoms. The van der Waals surface area contributed by atoms with Gasteiger partial charge in [0, 0.05) is 22.0 Å². The third-order valence-corrected chi connectivity index (χ3v) is 3.81. The Morgan fingerprint density at radius 1 is 1.29 bits per heavy atom. The summed E-state index contributed by atoms with van der Waals surface area (Å²) in [6.45, 7) is 1.99. The zero-order chi connectivity index (χ0) is 12.3. The van der Waals surface area contributed by atoms with E-state index in [1.807, 2.05) is 37.3 Å². The first kappa shape index (κ1) is 12.3. The van der Waals surface area contributed by atoms with E-state index in [2.05, 4.69) is 4.98 Å². The fraction of sp³-hybridized carbons (Fsp3) is 0.154. The Morgan fingerprint density at radius 3 is 2.88 bits per heavy atom. The molecule has 0 aliphatic heterocycles. The Bertz CT molecular complexity index is 529. The van der Waals surface area contributed by atoms with Crippen LogP contribution in [-0.4, -0.2) is 4.98 Å². The Labute approximate surface area is 110 Å². The topological polar surface area (TPSA) is 38.9 Å². The van der Waals surface area contributed by atoms with Crippen LogP contribution in [0.4, 0.5) is 5.69 Å². The normalized spacial score (nSPS) is 10.5. The Morgan fingerprint density at radius 2 is 2.12 bits per heavy atom. The zero-order valence-electron chi connectivity index (χ0n) is 9.48. The molecule has 17 heavy (non-hydrogen) atoms. The minimum atomic E-state index is 0.731. The van der Waals surface area contributed by atoms with Crippen molar-refractivity contribution < 1.29 is 0 Å². The maximum absolute atomic E-state index is 6.10. The number of hydrogen-bond donors (Lipinski definition) is 1. The number of aryl methyl sites for hydroxylation is 1. The van der Waals surface area contributed by atoms with Gasteiger partial charge in [0.15, 0.2) is 0 Å². The zero-order valence-corrected chi connectivity index (χ0v) is 11.1. The molecule has 1 aromatic heterocycles. The number of halogens is 1. The van der Waals surface area contributed by atoms with Crippen LogP contribution >= 0.6 is 23.4 Å². The molecule has 0 atom stereocenters. The summed E-state index contributed by atoms with van der Waals surface area (Å²) in [6.07, 6.45) is 0. The van der Waals surface area contributed by atoms with Crippen molar-refractivity contribution in [3.63, 3.8) is 0 Å². The van der Waals surface area contributed by atoms with E-state index in [1.165, 1.54) is 0 Å². The maximum atomic E-state index is 6.10. The molecule has 2 aromatic rings. The van der Waals surface area contributed by atoms with Crippen molar-refractivity contribution in [2.75, 3.05) is 5.73 Å². The number of rotatable bonds is 3. The van der Waals surface area contributed by atoms with Gasteiger partial charge < -0.3 is 5.73 Å². The van der Waals surface area contributed by atoms with Gasteiger partial charge >= 0.3 is 0 Å². The number of benzene rings is 1. The lowest BCUT2D eigenvalue weighted by Gasteiger charge is -2.05. The molecule has 0 unspecified atom stereocenters. The summed E-state index contributed by atoms with van der Waals surface area (Å²) >= 11 is 7.75. The van der Waals surface area contributed by atoms with Crippen LogP contribution in [0.2, 0.25) is 5.02 Å². The average molecular weight is 265 g/mol. The van der Waals surface area contributed by atoms with E-state index in [9.17, 15) is 0 Å². The molecular weight excluding hydrogens is 252 g/mol. The molecule has 2 N–H and O–H groups in total. The number of nitrogens with two attached hydrogens (primary N) is 1. The highest BCUT2D eigenvalue weighted by Gasteiger charge is 2.03. The first-order valence-corrected chi connectivity index (χ1v) is 6.62. The summed E-state index contributed by atoms with van der Waals surface area (Å²) in [5.41, 5.74) is 8.54. The highest BCUT2D eigenvalue weighted by Crippen LogP contribution is 2.30. The van der Waals surface area contributed by atoms with Crippen LogP contribution in [0.25, 0.3) is 0 Å². The second-order valence-corrected chi connectivity index (χ2v) is 5.17. The summed E-state index contributed by atoms with van der Waals surface area (Å²) in [6, 6.07) is 11.5. The summed E-state index contributed by atoms with van der Waals surface area (Å²) in [5, 5.41) is 0.733. The van der Waals surface area contributed by atoms with Gasteiger partial charge in [-0.25, -0.2) is 0 Å². The predicted molar refractivity (Wildman–Crippen MR) is 74.4 cm³/mol. The van der Waals surface area contributed by atoms with Crippen LogP contribution in [-0.2, 0) is 5.75 Å². The maximum Gasteiger partial charge on any atom is 0.0543 e. The summed E-state index contributed by atoms with van der Waals surface area (Å²) in [5.74, 6) is 0.796. The van der Waals surface area contributed by atoms with Crippen LogP contribution in [0, 0.1) is 6.92 Å². The molecule has 1 heterocycles. The van der Waals surface area contributed by atoms with Gasteiger partial charge in [0.2, 0.25) is 0 Å². The van der Waals surface area contributed by atoms with Crippen molar-refractivity contribution >= 4 is 29.1 Å². The molecule has 1 aromatic carbocycles. The van der Waals surface area contributed by atoms with E-state index in [4.69, 9.17) is 17.3 Å². The van der Waals surface area contributed by atoms with Crippen molar-refractivity contribution in [1.29, 1.82) is 0 Å². The Kier molecular flexibility index (Phi) is 3.92. The highest BCUT2D eigenvalue weighted by atomic mass is 35.5. The van der Waals surface area contributed by atoms with E-state index < -0.39 is 0 Å². The third kappa shape index (κ3) is 3.38. The molecule has 0 amide bonds. The van der Waals surface area contributed by atoms with Gasteiger partial charge in [-0.05, 0) is 37.3 Å². The molecule has 0 spiro atoms. The molecule has 4 heteroatoms. The van der Waals surface area contributed by atoms with Crippen molar-refractivity contribution in [2.45, 2.75) is 17.6 Å². The second kappa shape index (κ2) is 5.43. The van der Waals surface area contributed by atoms with Crippen LogP contribution in [0.15, 0.2) is 41.3 Å². The van der Waals surface area contributed by atoms with Crippen LogP contribution in [0.1, 0.15) is 11.4 Å². The van der Waals surface area contributed by atoms with Gasteiger partial charge in [-0.2, -0.15) is 0 Å². The van der Waals surface area contributed by atoms with Gasteiger partial charge in [0.05, 0.1) is 10.7 Å². The summed E-state index contributed by atoms with van der Waals surface area (Å²) in [4.78, 5) is 5.44. The van der Waals surface area contributed by atoms with E-state index in [0.29, 0.717) is 0 Å². The fourth-order valence-electron chi connectivity index (χ4n) is 1.46.